The van der Waals surface area contributed by atoms with E-state index in [0.717, 1.165) is 9.80 Å². The molecular formula is C18H26N8O4. The molecule has 0 radical (unpaired) electrons. The Kier molecular flexibility index (Phi) is 4.88. The predicted molar refractivity (Wildman–Crippen MR) is 109 cm³/mol. The minimum atomic E-state index is -0.783. The summed E-state index contributed by atoms with van der Waals surface area (Å²) >= 11 is 0. The number of rotatable bonds is 2. The van der Waals surface area contributed by atoms with Crippen molar-refractivity contribution in [2.45, 2.75) is 12.3 Å². The van der Waals surface area contributed by atoms with Crippen LogP contribution in [0.4, 0.5) is 30.6 Å². The Morgan fingerprint density at radius 2 is 0.833 bits per heavy atom. The van der Waals surface area contributed by atoms with Crippen molar-refractivity contribution in [3.63, 3.8) is 0 Å². The van der Waals surface area contributed by atoms with E-state index < -0.39 is 36.5 Å². The molecule has 0 spiro atoms. The number of nitrogens with two attached hydrogens (primary N) is 2. The summed E-state index contributed by atoms with van der Waals surface area (Å²) in [6.07, 6.45) is -1.57. The quantitative estimate of drug-likeness (QED) is 0.685. The number of hydrogen-bond acceptors (Lipinski definition) is 6. The predicted octanol–water partition coefficient (Wildman–Crippen LogP) is 0.946. The highest BCUT2D eigenvalue weighted by Crippen LogP contribution is 2.39. The van der Waals surface area contributed by atoms with Crippen molar-refractivity contribution in [1.82, 2.24) is 29.4 Å². The SMILES string of the molecule is CN1C(=O)N(C)C(c2cc(C3N(C)C(=O)N(C)C(=O)N3C)c(N)cc2N)N(C)C1=O. The number of carbonyl (C=O) groups is 4. The van der Waals surface area contributed by atoms with Gasteiger partial charge in [-0.1, -0.05) is 0 Å². The standard InChI is InChI=1S/C18H26N8O4/c1-21-13(22(2)16(28)25(5)15(21)27)9-7-10(12(20)8-11(9)19)14-23(3)17(29)26(6)18(30)24(14)4/h7-8,13-14H,19-20H2,1-6H3. The van der Waals surface area contributed by atoms with Gasteiger partial charge in [-0.25, -0.2) is 29.0 Å². The van der Waals surface area contributed by atoms with Crippen LogP contribution in [0, 0.1) is 0 Å². The highest BCUT2D eigenvalue weighted by Gasteiger charge is 2.43. The molecule has 162 valence electrons. The Bertz CT molecular complexity index is 835. The third-order valence-electron chi connectivity index (χ3n) is 5.67. The van der Waals surface area contributed by atoms with Crippen LogP contribution in [0.1, 0.15) is 23.5 Å². The average molecular weight is 418 g/mol. The second kappa shape index (κ2) is 6.97. The lowest BCUT2D eigenvalue weighted by atomic mass is 9.99. The third kappa shape index (κ3) is 2.83. The highest BCUT2D eigenvalue weighted by atomic mass is 16.2. The molecule has 0 saturated carbocycles. The molecule has 2 fully saturated rings. The van der Waals surface area contributed by atoms with Crippen molar-refractivity contribution in [2.24, 2.45) is 0 Å². The van der Waals surface area contributed by atoms with Gasteiger partial charge in [-0.05, 0) is 12.1 Å². The second-order valence-electron chi connectivity index (χ2n) is 7.55. The first-order valence-electron chi connectivity index (χ1n) is 9.13. The molecule has 12 nitrogen and oxygen atoms in total. The van der Waals surface area contributed by atoms with E-state index in [4.69, 9.17) is 11.5 Å². The van der Waals surface area contributed by atoms with Crippen molar-refractivity contribution >= 4 is 35.5 Å². The zero-order valence-corrected chi connectivity index (χ0v) is 17.8. The zero-order valence-electron chi connectivity index (χ0n) is 17.8. The summed E-state index contributed by atoms with van der Waals surface area (Å²) < 4.78 is 0. The number of nitrogen functional groups attached to an aromatic ring is 2. The van der Waals surface area contributed by atoms with E-state index >= 15 is 0 Å². The van der Waals surface area contributed by atoms with E-state index in [9.17, 15) is 19.2 Å². The van der Waals surface area contributed by atoms with Crippen molar-refractivity contribution in [2.75, 3.05) is 53.8 Å². The van der Waals surface area contributed by atoms with Crippen LogP contribution in [0.2, 0.25) is 0 Å². The van der Waals surface area contributed by atoms with Crippen LogP contribution in [0.5, 0.6) is 0 Å². The van der Waals surface area contributed by atoms with Gasteiger partial charge in [0.2, 0.25) is 0 Å². The van der Waals surface area contributed by atoms with Crippen molar-refractivity contribution < 1.29 is 19.2 Å². The summed E-state index contributed by atoms with van der Waals surface area (Å²) in [5.74, 6) is 0. The molecule has 1 aromatic rings. The molecule has 2 aliphatic rings. The fourth-order valence-corrected chi connectivity index (χ4v) is 4.00. The van der Waals surface area contributed by atoms with Crippen molar-refractivity contribution in [3.8, 4) is 0 Å². The number of anilines is 2. The van der Waals surface area contributed by atoms with Crippen LogP contribution >= 0.6 is 0 Å². The molecule has 0 atom stereocenters. The largest absolute Gasteiger partial charge is 0.398 e. The fourth-order valence-electron chi connectivity index (χ4n) is 4.00. The molecule has 4 N–H and O–H groups in total. The molecule has 0 bridgehead atoms. The topological polar surface area (TPSA) is 140 Å². The van der Waals surface area contributed by atoms with Gasteiger partial charge in [0.25, 0.3) is 0 Å². The van der Waals surface area contributed by atoms with Crippen LogP contribution in [0.3, 0.4) is 0 Å². The molecule has 0 unspecified atom stereocenters. The fraction of sp³-hybridized carbons (Fsp3) is 0.444. The molecule has 0 aliphatic carbocycles. The first-order chi connectivity index (χ1) is 13.9. The smallest absolute Gasteiger partial charge is 0.329 e. The summed E-state index contributed by atoms with van der Waals surface area (Å²) in [5.41, 5.74) is 13.9. The van der Waals surface area contributed by atoms with Gasteiger partial charge in [-0.3, -0.25) is 0 Å². The van der Waals surface area contributed by atoms with E-state index in [0.29, 0.717) is 11.1 Å². The molecule has 30 heavy (non-hydrogen) atoms. The Balaban J connectivity index is 2.13. The summed E-state index contributed by atoms with van der Waals surface area (Å²) in [6.45, 7) is 0. The number of benzene rings is 1. The van der Waals surface area contributed by atoms with Gasteiger partial charge in [0.1, 0.15) is 12.3 Å². The van der Waals surface area contributed by atoms with Gasteiger partial charge in [0.05, 0.1) is 0 Å². The molecule has 3 rings (SSSR count). The van der Waals surface area contributed by atoms with E-state index in [-0.39, 0.29) is 11.4 Å². The van der Waals surface area contributed by atoms with E-state index in [2.05, 4.69) is 0 Å². The van der Waals surface area contributed by atoms with Crippen LogP contribution in [0.15, 0.2) is 12.1 Å². The minimum absolute atomic E-state index is 0.279. The highest BCUT2D eigenvalue weighted by molar-refractivity contribution is 5.97. The Morgan fingerprint density at radius 3 is 1.10 bits per heavy atom. The molecule has 1 aromatic carbocycles. The summed E-state index contributed by atoms with van der Waals surface area (Å²) in [4.78, 5) is 57.5. The number of imide groups is 2. The Labute approximate surface area is 174 Å². The summed E-state index contributed by atoms with van der Waals surface area (Å²) in [7, 11) is 9.02. The Morgan fingerprint density at radius 1 is 0.567 bits per heavy atom. The minimum Gasteiger partial charge on any atom is -0.398 e. The zero-order chi connectivity index (χ0) is 22.7. The van der Waals surface area contributed by atoms with Crippen molar-refractivity contribution in [1.29, 1.82) is 0 Å². The lowest BCUT2D eigenvalue weighted by Gasteiger charge is -2.45. The molecule has 0 aromatic heterocycles. The first-order valence-corrected chi connectivity index (χ1v) is 9.13. The number of nitrogens with zero attached hydrogens (tertiary/aromatic N) is 6. The summed E-state index contributed by atoms with van der Waals surface area (Å²) in [6, 6.07) is 1.20. The molecular weight excluding hydrogens is 392 g/mol. The molecule has 8 amide bonds. The van der Waals surface area contributed by atoms with Crippen LogP contribution in [-0.2, 0) is 0 Å². The molecule has 2 heterocycles. The van der Waals surface area contributed by atoms with Gasteiger partial charge >= 0.3 is 24.1 Å². The number of hydrogen-bond donors (Lipinski definition) is 2. The number of amides is 8. The van der Waals surface area contributed by atoms with Gasteiger partial charge in [0.15, 0.2) is 0 Å². The lowest BCUT2D eigenvalue weighted by Crippen LogP contribution is -2.59. The monoisotopic (exact) mass is 418 g/mol. The first kappa shape index (κ1) is 21.0. The van der Waals surface area contributed by atoms with Gasteiger partial charge in [0, 0.05) is 64.8 Å². The van der Waals surface area contributed by atoms with Crippen LogP contribution < -0.4 is 11.5 Å². The number of carbonyl (C=O) groups excluding carboxylic acids is 4. The normalized spacial score (nSPS) is 19.5. The molecule has 2 saturated heterocycles. The van der Waals surface area contributed by atoms with Gasteiger partial charge in [-0.15, -0.1) is 0 Å². The van der Waals surface area contributed by atoms with Gasteiger partial charge in [-0.2, -0.15) is 0 Å². The van der Waals surface area contributed by atoms with Gasteiger partial charge < -0.3 is 31.1 Å². The Hall–Kier alpha value is -3.70. The number of urea groups is 4. The van der Waals surface area contributed by atoms with E-state index in [1.807, 2.05) is 0 Å². The van der Waals surface area contributed by atoms with E-state index in [1.165, 1.54) is 39.8 Å². The lowest BCUT2D eigenvalue weighted by molar-refractivity contribution is 0.0583. The maximum absolute atomic E-state index is 12.5. The maximum Gasteiger partial charge on any atom is 0.329 e. The van der Waals surface area contributed by atoms with Crippen LogP contribution in [-0.4, -0.2) is 95.8 Å². The van der Waals surface area contributed by atoms with Crippen molar-refractivity contribution in [3.05, 3.63) is 23.3 Å². The maximum atomic E-state index is 12.5. The molecule has 2 aliphatic heterocycles. The van der Waals surface area contributed by atoms with E-state index in [1.54, 1.807) is 34.3 Å². The van der Waals surface area contributed by atoms with Crippen LogP contribution in [0.25, 0.3) is 0 Å². The third-order valence-corrected chi connectivity index (χ3v) is 5.67. The summed E-state index contributed by atoms with van der Waals surface area (Å²) in [5, 5.41) is 0. The second-order valence-corrected chi connectivity index (χ2v) is 7.55. The average Bonchev–Trinajstić information content (AvgIpc) is 2.70. The molecule has 12 heteroatoms.